The van der Waals surface area contributed by atoms with Gasteiger partial charge in [-0.3, -0.25) is 9.59 Å². The molecule has 0 radical (unpaired) electrons. The Kier molecular flexibility index (Phi) is 3.84. The molecule has 114 valence electrons. The van der Waals surface area contributed by atoms with E-state index in [2.05, 4.69) is 5.32 Å². The molecule has 0 aromatic heterocycles. The van der Waals surface area contributed by atoms with Crippen molar-refractivity contribution in [3.8, 4) is 0 Å². The highest BCUT2D eigenvalue weighted by Gasteiger charge is 2.48. The third-order valence-corrected chi connectivity index (χ3v) is 4.27. The average molecular weight is 282 g/mol. The second-order valence-corrected chi connectivity index (χ2v) is 7.14. The maximum atomic E-state index is 12.7. The minimum atomic E-state index is -0.836. The lowest BCUT2D eigenvalue weighted by Crippen LogP contribution is -2.70. The second-order valence-electron chi connectivity index (χ2n) is 7.14. The van der Waals surface area contributed by atoms with Gasteiger partial charge in [-0.2, -0.15) is 0 Å². The van der Waals surface area contributed by atoms with Gasteiger partial charge < -0.3 is 15.0 Å². The lowest BCUT2D eigenvalue weighted by Gasteiger charge is -2.46. The number of ether oxygens (including phenoxy) is 1. The average Bonchev–Trinajstić information content (AvgIpc) is 2.71. The summed E-state index contributed by atoms with van der Waals surface area (Å²) in [5.41, 5.74) is -1.16. The van der Waals surface area contributed by atoms with Crippen LogP contribution in [-0.2, 0) is 14.3 Å². The van der Waals surface area contributed by atoms with Gasteiger partial charge in [-0.05, 0) is 39.5 Å². The molecule has 0 aromatic carbocycles. The molecule has 0 aromatic rings. The first-order chi connectivity index (χ1) is 9.16. The predicted octanol–water partition coefficient (Wildman–Crippen LogP) is 1.32. The molecule has 5 nitrogen and oxygen atoms in total. The van der Waals surface area contributed by atoms with E-state index in [1.54, 1.807) is 18.7 Å². The molecule has 2 aliphatic heterocycles. The highest BCUT2D eigenvalue weighted by molar-refractivity contribution is 5.99. The first kappa shape index (κ1) is 15.3. The van der Waals surface area contributed by atoms with Gasteiger partial charge in [0.25, 0.3) is 0 Å². The molecule has 2 atom stereocenters. The van der Waals surface area contributed by atoms with Gasteiger partial charge in [0.15, 0.2) is 0 Å². The van der Waals surface area contributed by atoms with E-state index in [1.807, 2.05) is 20.8 Å². The summed E-state index contributed by atoms with van der Waals surface area (Å²) in [4.78, 5) is 26.8. The first-order valence-corrected chi connectivity index (χ1v) is 7.43. The molecule has 2 aliphatic rings. The molecule has 2 fully saturated rings. The quantitative estimate of drug-likeness (QED) is 0.849. The van der Waals surface area contributed by atoms with Gasteiger partial charge in [-0.1, -0.05) is 13.8 Å². The number of hydrogen-bond donors (Lipinski definition) is 1. The molecule has 20 heavy (non-hydrogen) atoms. The molecular formula is C15H26N2O3. The number of rotatable bonds is 3. The van der Waals surface area contributed by atoms with Crippen molar-refractivity contribution < 1.29 is 14.3 Å². The van der Waals surface area contributed by atoms with Gasteiger partial charge >= 0.3 is 0 Å². The Morgan fingerprint density at radius 2 is 2.00 bits per heavy atom. The summed E-state index contributed by atoms with van der Waals surface area (Å²) >= 11 is 0. The normalized spacial score (nSPS) is 33.7. The molecular weight excluding hydrogens is 256 g/mol. The summed E-state index contributed by atoms with van der Waals surface area (Å²) in [6.07, 6.45) is 1.95. The number of hydrogen-bond acceptors (Lipinski definition) is 3. The fourth-order valence-corrected chi connectivity index (χ4v) is 3.22. The summed E-state index contributed by atoms with van der Waals surface area (Å²) in [6, 6.07) is -0.406. The van der Waals surface area contributed by atoms with E-state index < -0.39 is 11.6 Å². The lowest BCUT2D eigenvalue weighted by atomic mass is 9.89. The summed E-state index contributed by atoms with van der Waals surface area (Å²) in [6.45, 7) is 10.7. The molecule has 5 heteroatoms. The Labute approximate surface area is 121 Å². The summed E-state index contributed by atoms with van der Waals surface area (Å²) in [7, 11) is 0. The van der Waals surface area contributed by atoms with E-state index >= 15 is 0 Å². The minimum absolute atomic E-state index is 0.0208. The van der Waals surface area contributed by atoms with Crippen LogP contribution >= 0.6 is 0 Å². The number of piperazine rings is 1. The Morgan fingerprint density at radius 1 is 1.35 bits per heavy atom. The number of amides is 2. The molecule has 2 saturated heterocycles. The second kappa shape index (κ2) is 5.02. The molecule has 2 amide bonds. The maximum absolute atomic E-state index is 12.7. The number of carbonyl (C=O) groups excluding carboxylic acids is 2. The Hall–Kier alpha value is -1.10. The van der Waals surface area contributed by atoms with E-state index in [4.69, 9.17) is 4.74 Å². The van der Waals surface area contributed by atoms with Crippen LogP contribution in [0.3, 0.4) is 0 Å². The molecule has 1 N–H and O–H groups in total. The third kappa shape index (κ3) is 2.68. The van der Waals surface area contributed by atoms with Gasteiger partial charge in [0.2, 0.25) is 11.8 Å². The fourth-order valence-electron chi connectivity index (χ4n) is 3.22. The maximum Gasteiger partial charge on any atom is 0.248 e. The van der Waals surface area contributed by atoms with Crippen LogP contribution < -0.4 is 5.32 Å². The Balaban J connectivity index is 2.27. The molecule has 2 heterocycles. The van der Waals surface area contributed by atoms with Crippen molar-refractivity contribution in [3.05, 3.63) is 0 Å². The highest BCUT2D eigenvalue weighted by atomic mass is 16.5. The summed E-state index contributed by atoms with van der Waals surface area (Å²) in [5.74, 6) is -0.00113. The van der Waals surface area contributed by atoms with Crippen molar-refractivity contribution in [2.45, 2.75) is 64.6 Å². The van der Waals surface area contributed by atoms with Gasteiger partial charge in [-0.25, -0.2) is 0 Å². The zero-order chi connectivity index (χ0) is 15.1. The van der Waals surface area contributed by atoms with Crippen molar-refractivity contribution in [1.82, 2.24) is 10.2 Å². The van der Waals surface area contributed by atoms with Crippen LogP contribution in [0.2, 0.25) is 0 Å². The fraction of sp³-hybridized carbons (Fsp3) is 0.867. The van der Waals surface area contributed by atoms with Crippen molar-refractivity contribution in [3.63, 3.8) is 0 Å². The number of nitrogens with one attached hydrogen (secondary N) is 1. The SMILES string of the molecule is CC(C)C1C(=O)NC(C)(C)C(=O)N1CC1(C)CCCO1. The first-order valence-electron chi connectivity index (χ1n) is 7.43. The van der Waals surface area contributed by atoms with Gasteiger partial charge in [-0.15, -0.1) is 0 Å². The van der Waals surface area contributed by atoms with Crippen LogP contribution in [0.25, 0.3) is 0 Å². The topological polar surface area (TPSA) is 58.6 Å². The van der Waals surface area contributed by atoms with Crippen molar-refractivity contribution in [2.75, 3.05) is 13.2 Å². The lowest BCUT2D eigenvalue weighted by molar-refractivity contribution is -0.159. The van der Waals surface area contributed by atoms with Crippen LogP contribution in [0.15, 0.2) is 0 Å². The van der Waals surface area contributed by atoms with E-state index in [0.29, 0.717) is 6.54 Å². The zero-order valence-corrected chi connectivity index (χ0v) is 13.2. The number of nitrogens with zero attached hydrogens (tertiary/aromatic N) is 1. The minimum Gasteiger partial charge on any atom is -0.373 e. The van der Waals surface area contributed by atoms with Crippen LogP contribution in [0.5, 0.6) is 0 Å². The summed E-state index contributed by atoms with van der Waals surface area (Å²) in [5, 5.41) is 2.83. The van der Waals surface area contributed by atoms with E-state index in [-0.39, 0.29) is 23.3 Å². The van der Waals surface area contributed by atoms with Crippen molar-refractivity contribution in [2.24, 2.45) is 5.92 Å². The number of carbonyl (C=O) groups is 2. The molecule has 0 saturated carbocycles. The molecule has 0 spiro atoms. The van der Waals surface area contributed by atoms with Crippen LogP contribution in [-0.4, -0.2) is 47.0 Å². The van der Waals surface area contributed by atoms with Crippen LogP contribution in [0.1, 0.15) is 47.5 Å². The standard InChI is InChI=1S/C15H26N2O3/c1-10(2)11-12(18)16-14(3,4)13(19)17(11)9-15(5)7-6-8-20-15/h10-11H,6-9H2,1-5H3,(H,16,18). The van der Waals surface area contributed by atoms with Gasteiger partial charge in [0.1, 0.15) is 11.6 Å². The third-order valence-electron chi connectivity index (χ3n) is 4.27. The Bertz CT molecular complexity index is 411. The Morgan fingerprint density at radius 3 is 2.50 bits per heavy atom. The van der Waals surface area contributed by atoms with Crippen molar-refractivity contribution in [1.29, 1.82) is 0 Å². The molecule has 2 unspecified atom stereocenters. The predicted molar refractivity (Wildman–Crippen MR) is 76.2 cm³/mol. The van der Waals surface area contributed by atoms with Crippen LogP contribution in [0.4, 0.5) is 0 Å². The molecule has 0 aliphatic carbocycles. The van der Waals surface area contributed by atoms with E-state index in [0.717, 1.165) is 19.4 Å². The highest BCUT2D eigenvalue weighted by Crippen LogP contribution is 2.30. The zero-order valence-electron chi connectivity index (χ0n) is 13.2. The van der Waals surface area contributed by atoms with Crippen molar-refractivity contribution >= 4 is 11.8 Å². The van der Waals surface area contributed by atoms with Gasteiger partial charge in [0, 0.05) is 6.61 Å². The molecule has 2 rings (SSSR count). The molecule has 0 bridgehead atoms. The smallest absolute Gasteiger partial charge is 0.248 e. The summed E-state index contributed by atoms with van der Waals surface area (Å²) < 4.78 is 5.80. The van der Waals surface area contributed by atoms with Gasteiger partial charge in [0.05, 0.1) is 12.1 Å². The van der Waals surface area contributed by atoms with E-state index in [1.165, 1.54) is 0 Å². The monoisotopic (exact) mass is 282 g/mol. The van der Waals surface area contributed by atoms with E-state index in [9.17, 15) is 9.59 Å². The largest absolute Gasteiger partial charge is 0.373 e. The van der Waals surface area contributed by atoms with Crippen LogP contribution in [0, 0.1) is 5.92 Å².